The molecular formula is C14H11ClFNO2. The summed E-state index contributed by atoms with van der Waals surface area (Å²) in [5.74, 6) is -1.67. The molecule has 2 aromatic carbocycles. The lowest BCUT2D eigenvalue weighted by Crippen LogP contribution is -2.20. The number of carboxylic acid groups (broad SMARTS) is 1. The zero-order valence-electron chi connectivity index (χ0n) is 9.81. The van der Waals surface area contributed by atoms with Gasteiger partial charge in [0, 0.05) is 5.02 Å². The maximum Gasteiger partial charge on any atom is 0.330 e. The average Bonchev–Trinajstić information content (AvgIpc) is 2.38. The van der Waals surface area contributed by atoms with E-state index in [4.69, 9.17) is 11.6 Å². The van der Waals surface area contributed by atoms with Gasteiger partial charge in [-0.1, -0.05) is 41.9 Å². The zero-order valence-corrected chi connectivity index (χ0v) is 10.6. The molecule has 0 saturated heterocycles. The van der Waals surface area contributed by atoms with Crippen LogP contribution in [0.5, 0.6) is 0 Å². The van der Waals surface area contributed by atoms with Crippen LogP contribution in [0.1, 0.15) is 11.6 Å². The monoisotopic (exact) mass is 279 g/mol. The molecule has 5 heteroatoms. The van der Waals surface area contributed by atoms with Crippen molar-refractivity contribution in [3.8, 4) is 0 Å². The lowest BCUT2D eigenvalue weighted by molar-refractivity contribution is -0.138. The van der Waals surface area contributed by atoms with Gasteiger partial charge in [0.15, 0.2) is 6.04 Å². The lowest BCUT2D eigenvalue weighted by atomic mass is 10.1. The van der Waals surface area contributed by atoms with E-state index in [9.17, 15) is 14.3 Å². The molecule has 2 N–H and O–H groups in total. The van der Waals surface area contributed by atoms with Crippen LogP contribution in [0.25, 0.3) is 0 Å². The highest BCUT2D eigenvalue weighted by Gasteiger charge is 2.20. The Hall–Kier alpha value is -2.07. The Balaban J connectivity index is 2.29. The Kier molecular flexibility index (Phi) is 4.02. The maximum absolute atomic E-state index is 13.7. The molecule has 0 saturated carbocycles. The predicted octanol–water partition coefficient (Wildman–Crippen LogP) is 3.72. The first-order chi connectivity index (χ1) is 9.08. The van der Waals surface area contributed by atoms with Gasteiger partial charge in [-0.3, -0.25) is 0 Å². The van der Waals surface area contributed by atoms with Gasteiger partial charge >= 0.3 is 5.97 Å². The van der Waals surface area contributed by atoms with Crippen molar-refractivity contribution in [3.63, 3.8) is 0 Å². The number of rotatable bonds is 4. The lowest BCUT2D eigenvalue weighted by Gasteiger charge is -2.16. The Morgan fingerprint density at radius 2 is 1.89 bits per heavy atom. The van der Waals surface area contributed by atoms with Crippen LogP contribution < -0.4 is 5.32 Å². The van der Waals surface area contributed by atoms with E-state index in [-0.39, 0.29) is 10.7 Å². The first-order valence-corrected chi connectivity index (χ1v) is 5.95. The van der Waals surface area contributed by atoms with Crippen LogP contribution in [0, 0.1) is 5.82 Å². The van der Waals surface area contributed by atoms with E-state index in [2.05, 4.69) is 5.32 Å². The number of carboxylic acids is 1. The quantitative estimate of drug-likeness (QED) is 0.897. The molecule has 0 amide bonds. The second-order valence-electron chi connectivity index (χ2n) is 3.95. The highest BCUT2D eigenvalue weighted by molar-refractivity contribution is 6.30. The van der Waals surface area contributed by atoms with Crippen LogP contribution in [0.15, 0.2) is 48.5 Å². The van der Waals surface area contributed by atoms with Gasteiger partial charge in [0.1, 0.15) is 5.82 Å². The van der Waals surface area contributed by atoms with Gasteiger partial charge in [-0.25, -0.2) is 9.18 Å². The molecule has 98 valence electrons. The molecule has 0 bridgehead atoms. The van der Waals surface area contributed by atoms with Crippen molar-refractivity contribution < 1.29 is 14.3 Å². The topological polar surface area (TPSA) is 49.3 Å². The summed E-state index contributed by atoms with van der Waals surface area (Å²) in [6.07, 6.45) is 0. The smallest absolute Gasteiger partial charge is 0.330 e. The molecule has 0 aliphatic carbocycles. The molecule has 2 aromatic rings. The Morgan fingerprint density at radius 3 is 2.47 bits per heavy atom. The van der Waals surface area contributed by atoms with Crippen molar-refractivity contribution in [3.05, 3.63) is 64.9 Å². The van der Waals surface area contributed by atoms with E-state index in [0.29, 0.717) is 5.56 Å². The summed E-state index contributed by atoms with van der Waals surface area (Å²) in [5, 5.41) is 12.1. The van der Waals surface area contributed by atoms with Crippen molar-refractivity contribution in [2.75, 3.05) is 5.32 Å². The van der Waals surface area contributed by atoms with Gasteiger partial charge < -0.3 is 10.4 Å². The summed E-state index contributed by atoms with van der Waals surface area (Å²) in [6.45, 7) is 0. The van der Waals surface area contributed by atoms with E-state index in [0.717, 1.165) is 6.07 Å². The molecule has 0 aromatic heterocycles. The molecule has 2 rings (SSSR count). The zero-order chi connectivity index (χ0) is 13.8. The number of anilines is 1. The fourth-order valence-corrected chi connectivity index (χ4v) is 1.85. The molecule has 0 radical (unpaired) electrons. The van der Waals surface area contributed by atoms with E-state index < -0.39 is 17.8 Å². The largest absolute Gasteiger partial charge is 0.479 e. The second kappa shape index (κ2) is 5.71. The summed E-state index contributed by atoms with van der Waals surface area (Å²) >= 11 is 5.65. The molecule has 1 atom stereocenters. The Morgan fingerprint density at radius 1 is 1.21 bits per heavy atom. The molecule has 1 unspecified atom stereocenters. The number of carbonyl (C=O) groups is 1. The molecule has 0 aliphatic rings. The number of benzene rings is 2. The number of hydrogen-bond acceptors (Lipinski definition) is 2. The highest BCUT2D eigenvalue weighted by atomic mass is 35.5. The van der Waals surface area contributed by atoms with E-state index >= 15 is 0 Å². The van der Waals surface area contributed by atoms with Crippen LogP contribution in [-0.4, -0.2) is 11.1 Å². The number of nitrogens with one attached hydrogen (secondary N) is 1. The van der Waals surface area contributed by atoms with Crippen molar-refractivity contribution in [1.29, 1.82) is 0 Å². The minimum absolute atomic E-state index is 0.0978. The number of halogens is 2. The molecule has 0 aliphatic heterocycles. The van der Waals surface area contributed by atoms with Crippen LogP contribution in [0.4, 0.5) is 10.1 Å². The normalized spacial score (nSPS) is 11.9. The number of hydrogen-bond donors (Lipinski definition) is 2. The minimum atomic E-state index is -1.08. The first kappa shape index (κ1) is 13.4. The SMILES string of the molecule is O=C(O)C(Nc1ccc(Cl)cc1F)c1ccccc1. The Bertz CT molecular complexity index is 589. The molecule has 3 nitrogen and oxygen atoms in total. The van der Waals surface area contributed by atoms with Gasteiger partial charge in [0.25, 0.3) is 0 Å². The molecular weight excluding hydrogens is 269 g/mol. The first-order valence-electron chi connectivity index (χ1n) is 5.57. The molecule has 0 heterocycles. The molecule has 19 heavy (non-hydrogen) atoms. The highest BCUT2D eigenvalue weighted by Crippen LogP contribution is 2.24. The van der Waals surface area contributed by atoms with Crippen LogP contribution in [-0.2, 0) is 4.79 Å². The third kappa shape index (κ3) is 3.23. The van der Waals surface area contributed by atoms with E-state index in [1.165, 1.54) is 12.1 Å². The van der Waals surface area contributed by atoms with Gasteiger partial charge in [-0.05, 0) is 23.8 Å². The molecule has 0 spiro atoms. The van der Waals surface area contributed by atoms with Gasteiger partial charge in [-0.2, -0.15) is 0 Å². The predicted molar refractivity (Wildman–Crippen MR) is 71.9 cm³/mol. The summed E-state index contributed by atoms with van der Waals surface area (Å²) in [4.78, 5) is 11.3. The summed E-state index contributed by atoms with van der Waals surface area (Å²) in [6, 6.07) is 11.6. The Labute approximate surface area is 114 Å². The standard InChI is InChI=1S/C14H11ClFNO2/c15-10-6-7-12(11(16)8-10)17-13(14(18)19)9-4-2-1-3-5-9/h1-8,13,17H,(H,18,19). The van der Waals surface area contributed by atoms with Crippen molar-refractivity contribution in [1.82, 2.24) is 0 Å². The minimum Gasteiger partial charge on any atom is -0.479 e. The average molecular weight is 280 g/mol. The fraction of sp³-hybridized carbons (Fsp3) is 0.0714. The molecule has 0 fully saturated rings. The van der Waals surface area contributed by atoms with E-state index in [1.807, 2.05) is 0 Å². The van der Waals surface area contributed by atoms with Crippen LogP contribution in [0.3, 0.4) is 0 Å². The van der Waals surface area contributed by atoms with Crippen molar-refractivity contribution in [2.45, 2.75) is 6.04 Å². The van der Waals surface area contributed by atoms with Crippen LogP contribution >= 0.6 is 11.6 Å². The van der Waals surface area contributed by atoms with Gasteiger partial charge in [-0.15, -0.1) is 0 Å². The van der Waals surface area contributed by atoms with Gasteiger partial charge in [0.2, 0.25) is 0 Å². The van der Waals surface area contributed by atoms with Crippen LogP contribution in [0.2, 0.25) is 5.02 Å². The summed E-state index contributed by atoms with van der Waals surface area (Å²) < 4.78 is 13.7. The second-order valence-corrected chi connectivity index (χ2v) is 4.39. The van der Waals surface area contributed by atoms with Crippen molar-refractivity contribution >= 4 is 23.3 Å². The maximum atomic E-state index is 13.7. The third-order valence-corrected chi connectivity index (χ3v) is 2.85. The van der Waals surface area contributed by atoms with Crippen molar-refractivity contribution in [2.24, 2.45) is 0 Å². The third-order valence-electron chi connectivity index (χ3n) is 2.61. The summed E-state index contributed by atoms with van der Waals surface area (Å²) in [7, 11) is 0. The van der Waals surface area contributed by atoms with Gasteiger partial charge in [0.05, 0.1) is 5.69 Å². The number of aliphatic carboxylic acids is 1. The summed E-state index contributed by atoms with van der Waals surface area (Å²) in [5.41, 5.74) is 0.644. The van der Waals surface area contributed by atoms with E-state index in [1.54, 1.807) is 30.3 Å². The fourth-order valence-electron chi connectivity index (χ4n) is 1.70.